The van der Waals surface area contributed by atoms with Gasteiger partial charge in [0.1, 0.15) is 5.75 Å². The summed E-state index contributed by atoms with van der Waals surface area (Å²) >= 11 is 0. The molecule has 32 heavy (non-hydrogen) atoms. The second-order valence-electron chi connectivity index (χ2n) is 7.16. The number of aromatic amines is 1. The van der Waals surface area contributed by atoms with E-state index in [9.17, 15) is 4.79 Å². The third-order valence-electron chi connectivity index (χ3n) is 5.18. The number of carbonyl (C=O) groups excluding carboxylic acids is 1. The van der Waals surface area contributed by atoms with Crippen LogP contribution < -0.4 is 4.74 Å². The molecule has 0 aliphatic heterocycles. The zero-order valence-electron chi connectivity index (χ0n) is 18.3. The third-order valence-corrected chi connectivity index (χ3v) is 5.18. The van der Waals surface area contributed by atoms with Gasteiger partial charge in [-0.25, -0.2) is 9.89 Å². The van der Waals surface area contributed by atoms with Gasteiger partial charge in [0.05, 0.1) is 30.7 Å². The number of ether oxygens (including phenoxy) is 2. The lowest BCUT2D eigenvalue weighted by Gasteiger charge is -2.18. The maximum Gasteiger partial charge on any atom is 0.340 e. The van der Waals surface area contributed by atoms with Gasteiger partial charge < -0.3 is 9.47 Å². The molecule has 1 N–H and O–H groups in total. The highest BCUT2D eigenvalue weighted by atomic mass is 16.5. The van der Waals surface area contributed by atoms with Crippen LogP contribution in [0, 0.1) is 13.8 Å². The van der Waals surface area contributed by atoms with E-state index in [-0.39, 0.29) is 6.61 Å². The first-order valence-corrected chi connectivity index (χ1v) is 10.2. The normalized spacial score (nSPS) is 10.8. The van der Waals surface area contributed by atoms with Crippen LogP contribution in [-0.2, 0) is 4.74 Å². The molecule has 4 aromatic rings. The summed E-state index contributed by atoms with van der Waals surface area (Å²) in [5.74, 6) is 0.596. The number of esters is 1. The second kappa shape index (κ2) is 8.97. The van der Waals surface area contributed by atoms with Crippen molar-refractivity contribution >= 4 is 5.97 Å². The van der Waals surface area contributed by atoms with Crippen LogP contribution in [0.2, 0.25) is 0 Å². The van der Waals surface area contributed by atoms with E-state index in [2.05, 4.69) is 25.6 Å². The second-order valence-corrected chi connectivity index (χ2v) is 7.16. The number of tetrazole rings is 1. The molecule has 0 bridgehead atoms. The van der Waals surface area contributed by atoms with E-state index in [1.165, 1.54) is 0 Å². The van der Waals surface area contributed by atoms with Gasteiger partial charge in [-0.15, -0.1) is 5.10 Å². The molecule has 8 heteroatoms. The van der Waals surface area contributed by atoms with E-state index >= 15 is 0 Å². The fourth-order valence-electron chi connectivity index (χ4n) is 3.85. The van der Waals surface area contributed by atoms with Gasteiger partial charge >= 0.3 is 5.97 Å². The van der Waals surface area contributed by atoms with E-state index in [1.54, 1.807) is 21.0 Å². The molecule has 8 nitrogen and oxygen atoms in total. The van der Waals surface area contributed by atoms with Crippen LogP contribution in [0.15, 0.2) is 48.5 Å². The number of hydrogen-bond acceptors (Lipinski definition) is 7. The predicted molar refractivity (Wildman–Crippen MR) is 120 cm³/mol. The number of carbonyl (C=O) groups is 1. The topological polar surface area (TPSA) is 103 Å². The van der Waals surface area contributed by atoms with Gasteiger partial charge in [-0.3, -0.25) is 4.98 Å². The highest BCUT2D eigenvalue weighted by molar-refractivity contribution is 6.01. The number of hydrogen-bond donors (Lipinski definition) is 1. The fraction of sp³-hybridized carbons (Fsp3) is 0.208. The highest BCUT2D eigenvalue weighted by Crippen LogP contribution is 2.40. The van der Waals surface area contributed by atoms with Crippen molar-refractivity contribution in [2.45, 2.75) is 20.8 Å². The van der Waals surface area contributed by atoms with Gasteiger partial charge in [0, 0.05) is 11.1 Å². The maximum atomic E-state index is 12.9. The number of nitrogens with zero attached hydrogens (tertiary/aromatic N) is 4. The SMILES string of the molecule is CCOC(=O)c1c(C)nc(C)c(OC)c1-c1ccc(-c2ccccc2)c(-c2nnn[nH]2)c1. The molecule has 0 aliphatic carbocycles. The number of benzene rings is 2. The van der Waals surface area contributed by atoms with Crippen molar-refractivity contribution in [1.29, 1.82) is 0 Å². The molecule has 0 saturated heterocycles. The van der Waals surface area contributed by atoms with Crippen molar-refractivity contribution in [2.24, 2.45) is 0 Å². The minimum Gasteiger partial charge on any atom is -0.494 e. The van der Waals surface area contributed by atoms with E-state index in [0.29, 0.717) is 34.1 Å². The number of aromatic nitrogens is 5. The number of pyridine rings is 1. The zero-order chi connectivity index (χ0) is 22.7. The Morgan fingerprint density at radius 3 is 2.44 bits per heavy atom. The zero-order valence-corrected chi connectivity index (χ0v) is 18.3. The predicted octanol–water partition coefficient (Wildman–Crippen LogP) is 4.40. The van der Waals surface area contributed by atoms with Crippen molar-refractivity contribution < 1.29 is 14.3 Å². The first kappa shape index (κ1) is 21.2. The maximum absolute atomic E-state index is 12.9. The van der Waals surface area contributed by atoms with Crippen LogP contribution in [0.4, 0.5) is 0 Å². The number of nitrogens with one attached hydrogen (secondary N) is 1. The van der Waals surface area contributed by atoms with Crippen molar-refractivity contribution in [3.05, 3.63) is 65.5 Å². The summed E-state index contributed by atoms with van der Waals surface area (Å²) in [6, 6.07) is 15.8. The van der Waals surface area contributed by atoms with Crippen molar-refractivity contribution in [2.75, 3.05) is 13.7 Å². The van der Waals surface area contributed by atoms with Crippen molar-refractivity contribution in [3.8, 4) is 39.4 Å². The molecule has 0 radical (unpaired) electrons. The quantitative estimate of drug-likeness (QED) is 0.453. The number of rotatable bonds is 6. The minimum atomic E-state index is -0.444. The Balaban J connectivity index is 2.01. The third kappa shape index (κ3) is 3.82. The Bertz CT molecular complexity index is 1250. The van der Waals surface area contributed by atoms with Gasteiger partial charge in [0.15, 0.2) is 5.82 Å². The summed E-state index contributed by atoms with van der Waals surface area (Å²) in [5, 5.41) is 14.4. The lowest BCUT2D eigenvalue weighted by molar-refractivity contribution is 0.0525. The molecule has 0 fully saturated rings. The van der Waals surface area contributed by atoms with Gasteiger partial charge in [-0.1, -0.05) is 42.5 Å². The van der Waals surface area contributed by atoms with Gasteiger partial charge in [0.2, 0.25) is 0 Å². The Morgan fingerprint density at radius 2 is 1.78 bits per heavy atom. The molecule has 0 unspecified atom stereocenters. The number of aryl methyl sites for hydroxylation is 2. The van der Waals surface area contributed by atoms with Crippen LogP contribution in [0.25, 0.3) is 33.6 Å². The average Bonchev–Trinajstić information content (AvgIpc) is 3.34. The Kier molecular flexibility index (Phi) is 5.93. The molecule has 162 valence electrons. The highest BCUT2D eigenvalue weighted by Gasteiger charge is 2.25. The summed E-state index contributed by atoms with van der Waals surface area (Å²) < 4.78 is 11.0. The molecule has 0 atom stereocenters. The molecule has 4 rings (SSSR count). The summed E-state index contributed by atoms with van der Waals surface area (Å²) in [6.07, 6.45) is 0. The van der Waals surface area contributed by atoms with E-state index in [0.717, 1.165) is 22.3 Å². The van der Waals surface area contributed by atoms with E-state index in [1.807, 2.05) is 55.5 Å². The molecular formula is C24H23N5O3. The van der Waals surface area contributed by atoms with Crippen LogP contribution in [0.3, 0.4) is 0 Å². The van der Waals surface area contributed by atoms with Crippen LogP contribution in [-0.4, -0.2) is 45.3 Å². The van der Waals surface area contributed by atoms with Crippen molar-refractivity contribution in [1.82, 2.24) is 25.6 Å². The monoisotopic (exact) mass is 429 g/mol. The lowest BCUT2D eigenvalue weighted by atomic mass is 9.91. The molecule has 2 aromatic carbocycles. The van der Waals surface area contributed by atoms with E-state index < -0.39 is 5.97 Å². The molecule has 0 amide bonds. The molecule has 0 spiro atoms. The largest absolute Gasteiger partial charge is 0.494 e. The first-order valence-electron chi connectivity index (χ1n) is 10.2. The smallest absolute Gasteiger partial charge is 0.340 e. The minimum absolute atomic E-state index is 0.260. The van der Waals surface area contributed by atoms with Crippen LogP contribution in [0.5, 0.6) is 5.75 Å². The standard InChI is InChI=1S/C24H23N5O3/c1-5-32-24(30)20-14(2)25-15(3)22(31-4)21(20)17-11-12-18(16-9-7-6-8-10-16)19(13-17)23-26-28-29-27-23/h6-13H,5H2,1-4H3,(H,26,27,28,29). The molecular weight excluding hydrogens is 406 g/mol. The van der Waals surface area contributed by atoms with Gasteiger partial charge in [-0.2, -0.15) is 0 Å². The molecule has 2 heterocycles. The molecule has 0 aliphatic rings. The fourth-order valence-corrected chi connectivity index (χ4v) is 3.85. The number of methoxy groups -OCH3 is 1. The Labute approximate surface area is 185 Å². The van der Waals surface area contributed by atoms with Crippen LogP contribution >= 0.6 is 0 Å². The lowest BCUT2D eigenvalue weighted by Crippen LogP contribution is -2.12. The van der Waals surface area contributed by atoms with Gasteiger partial charge in [0.25, 0.3) is 0 Å². The first-order chi connectivity index (χ1) is 15.5. The van der Waals surface area contributed by atoms with Crippen LogP contribution in [0.1, 0.15) is 28.7 Å². The van der Waals surface area contributed by atoms with Crippen molar-refractivity contribution in [3.63, 3.8) is 0 Å². The number of H-pyrrole nitrogens is 1. The Morgan fingerprint density at radius 1 is 1.00 bits per heavy atom. The summed E-state index contributed by atoms with van der Waals surface area (Å²) in [5.41, 5.74) is 5.80. The average molecular weight is 429 g/mol. The summed E-state index contributed by atoms with van der Waals surface area (Å²) in [7, 11) is 1.57. The Hall–Kier alpha value is -4.07. The molecule has 2 aromatic heterocycles. The summed E-state index contributed by atoms with van der Waals surface area (Å²) in [6.45, 7) is 5.68. The molecule has 0 saturated carbocycles. The van der Waals surface area contributed by atoms with Gasteiger partial charge in [-0.05, 0) is 54.0 Å². The van der Waals surface area contributed by atoms with E-state index in [4.69, 9.17) is 9.47 Å². The summed E-state index contributed by atoms with van der Waals surface area (Å²) in [4.78, 5) is 17.4.